The van der Waals surface area contributed by atoms with E-state index in [1.165, 1.54) is 0 Å². The van der Waals surface area contributed by atoms with Crippen LogP contribution in [0.3, 0.4) is 0 Å². The fourth-order valence-electron chi connectivity index (χ4n) is 1.65. The van der Waals surface area contributed by atoms with Crippen LogP contribution in [0.2, 0.25) is 0 Å². The number of alkyl halides is 2. The highest BCUT2D eigenvalue weighted by Crippen LogP contribution is 2.22. The van der Waals surface area contributed by atoms with Crippen molar-refractivity contribution in [3.05, 3.63) is 29.3 Å². The number of hydrogen-bond acceptors (Lipinski definition) is 1. The first kappa shape index (κ1) is 12.0. The molecule has 0 saturated heterocycles. The van der Waals surface area contributed by atoms with Gasteiger partial charge < -0.3 is 5.32 Å². The van der Waals surface area contributed by atoms with Gasteiger partial charge in [-0.15, -0.1) is 0 Å². The topological polar surface area (TPSA) is 12.0 Å². The molecule has 0 radical (unpaired) electrons. The van der Waals surface area contributed by atoms with E-state index >= 15 is 0 Å². The second-order valence-electron chi connectivity index (χ2n) is 3.43. The van der Waals surface area contributed by atoms with Crippen molar-refractivity contribution in [2.75, 3.05) is 11.9 Å². The van der Waals surface area contributed by atoms with Crippen molar-refractivity contribution >= 4 is 5.69 Å². The molecule has 0 saturated carbocycles. The van der Waals surface area contributed by atoms with Gasteiger partial charge in [0.25, 0.3) is 6.43 Å². The van der Waals surface area contributed by atoms with Gasteiger partial charge in [0.05, 0.1) is 6.54 Å². The van der Waals surface area contributed by atoms with E-state index in [0.717, 1.165) is 29.7 Å². The number of nitrogens with one attached hydrogen (secondary N) is 1. The minimum absolute atomic E-state index is 0.274. The van der Waals surface area contributed by atoms with Gasteiger partial charge in [-0.3, -0.25) is 0 Å². The molecule has 3 heteroatoms. The first-order valence-electron chi connectivity index (χ1n) is 5.31. The molecule has 0 aliphatic heterocycles. The number of para-hydroxylation sites is 1. The molecule has 0 spiro atoms. The highest BCUT2D eigenvalue weighted by atomic mass is 19.3. The maximum absolute atomic E-state index is 12.1. The van der Waals surface area contributed by atoms with Crippen LogP contribution in [-0.2, 0) is 12.8 Å². The molecule has 1 rings (SSSR count). The predicted octanol–water partition coefficient (Wildman–Crippen LogP) is 3.49. The Kier molecular flexibility index (Phi) is 4.53. The fourth-order valence-corrected chi connectivity index (χ4v) is 1.65. The molecule has 0 aliphatic rings. The standard InChI is InChI=1S/C12H17F2N/c1-3-9-6-5-7-10(4-2)12(9)15-8-11(13)14/h5-7,11,15H,3-4,8H2,1-2H3. The van der Waals surface area contributed by atoms with Crippen LogP contribution >= 0.6 is 0 Å². The molecule has 0 amide bonds. The number of aryl methyl sites for hydroxylation is 2. The smallest absolute Gasteiger partial charge is 0.255 e. The first-order chi connectivity index (χ1) is 7.19. The van der Waals surface area contributed by atoms with Gasteiger partial charge >= 0.3 is 0 Å². The Morgan fingerprint density at radius 3 is 2.07 bits per heavy atom. The lowest BCUT2D eigenvalue weighted by molar-refractivity contribution is 0.163. The van der Waals surface area contributed by atoms with Crippen molar-refractivity contribution < 1.29 is 8.78 Å². The van der Waals surface area contributed by atoms with Gasteiger partial charge in [0.2, 0.25) is 0 Å². The second-order valence-corrected chi connectivity index (χ2v) is 3.43. The van der Waals surface area contributed by atoms with E-state index in [0.29, 0.717) is 0 Å². The third kappa shape index (κ3) is 3.18. The summed E-state index contributed by atoms with van der Waals surface area (Å²) in [4.78, 5) is 0. The molecule has 1 nitrogen and oxygen atoms in total. The lowest BCUT2D eigenvalue weighted by Gasteiger charge is -2.14. The minimum atomic E-state index is -2.31. The Balaban J connectivity index is 2.89. The average Bonchev–Trinajstić information content (AvgIpc) is 2.25. The Morgan fingerprint density at radius 1 is 1.13 bits per heavy atom. The van der Waals surface area contributed by atoms with Crippen LogP contribution in [0.4, 0.5) is 14.5 Å². The van der Waals surface area contributed by atoms with Crippen LogP contribution < -0.4 is 5.32 Å². The summed E-state index contributed by atoms with van der Waals surface area (Å²) in [5, 5.41) is 2.83. The van der Waals surface area contributed by atoms with Gasteiger partial charge in [0, 0.05) is 5.69 Å². The summed E-state index contributed by atoms with van der Waals surface area (Å²) in [6.07, 6.45) is -0.585. The van der Waals surface area contributed by atoms with Gasteiger partial charge in [0.15, 0.2) is 0 Å². The number of hydrogen-bond donors (Lipinski definition) is 1. The summed E-state index contributed by atoms with van der Waals surface area (Å²) < 4.78 is 24.3. The SMILES string of the molecule is CCc1cccc(CC)c1NCC(F)F. The van der Waals surface area contributed by atoms with Crippen molar-refractivity contribution in [3.63, 3.8) is 0 Å². The molecule has 84 valence electrons. The van der Waals surface area contributed by atoms with E-state index in [4.69, 9.17) is 0 Å². The zero-order chi connectivity index (χ0) is 11.3. The van der Waals surface area contributed by atoms with E-state index in [2.05, 4.69) is 5.32 Å². The highest BCUT2D eigenvalue weighted by molar-refractivity contribution is 5.57. The van der Waals surface area contributed by atoms with E-state index < -0.39 is 6.43 Å². The molecule has 15 heavy (non-hydrogen) atoms. The summed E-state index contributed by atoms with van der Waals surface area (Å²) in [6.45, 7) is 3.79. The van der Waals surface area contributed by atoms with Crippen LogP contribution in [0.15, 0.2) is 18.2 Å². The Morgan fingerprint density at radius 2 is 1.67 bits per heavy atom. The van der Waals surface area contributed by atoms with Gasteiger partial charge in [0.1, 0.15) is 0 Å². The summed E-state index contributed by atoms with van der Waals surface area (Å²) in [6, 6.07) is 5.94. The molecule has 0 fully saturated rings. The van der Waals surface area contributed by atoms with Crippen LogP contribution in [0, 0.1) is 0 Å². The molecule has 0 bridgehead atoms. The number of halogens is 2. The molecule has 1 aromatic rings. The predicted molar refractivity (Wildman–Crippen MR) is 59.7 cm³/mol. The molecule has 0 unspecified atom stereocenters. The first-order valence-corrected chi connectivity index (χ1v) is 5.31. The molecular formula is C12H17F2N. The summed E-state index contributed by atoms with van der Waals surface area (Å²) in [5.41, 5.74) is 3.10. The van der Waals surface area contributed by atoms with Crippen LogP contribution in [0.1, 0.15) is 25.0 Å². The third-order valence-corrected chi connectivity index (χ3v) is 2.43. The van der Waals surface area contributed by atoms with Crippen molar-refractivity contribution in [1.82, 2.24) is 0 Å². The largest absolute Gasteiger partial charge is 0.379 e. The molecule has 1 aromatic carbocycles. The minimum Gasteiger partial charge on any atom is -0.379 e. The van der Waals surface area contributed by atoms with Gasteiger partial charge in [-0.1, -0.05) is 32.0 Å². The monoisotopic (exact) mass is 213 g/mol. The van der Waals surface area contributed by atoms with E-state index in [1.807, 2.05) is 32.0 Å². The molecule has 1 N–H and O–H groups in total. The van der Waals surface area contributed by atoms with E-state index in [-0.39, 0.29) is 6.54 Å². The lowest BCUT2D eigenvalue weighted by Crippen LogP contribution is -2.13. The van der Waals surface area contributed by atoms with Crippen molar-refractivity contribution in [1.29, 1.82) is 0 Å². The zero-order valence-electron chi connectivity index (χ0n) is 9.19. The molecule has 0 aromatic heterocycles. The van der Waals surface area contributed by atoms with E-state index in [9.17, 15) is 8.78 Å². The maximum atomic E-state index is 12.1. The van der Waals surface area contributed by atoms with Gasteiger partial charge in [-0.05, 0) is 24.0 Å². The average molecular weight is 213 g/mol. The molecule has 0 atom stereocenters. The highest BCUT2D eigenvalue weighted by Gasteiger charge is 2.08. The summed E-state index contributed by atoms with van der Waals surface area (Å²) >= 11 is 0. The zero-order valence-corrected chi connectivity index (χ0v) is 9.19. The molecular weight excluding hydrogens is 196 g/mol. The van der Waals surface area contributed by atoms with Crippen molar-refractivity contribution in [2.24, 2.45) is 0 Å². The van der Waals surface area contributed by atoms with Crippen molar-refractivity contribution in [2.45, 2.75) is 33.1 Å². The lowest BCUT2D eigenvalue weighted by atomic mass is 10.0. The van der Waals surface area contributed by atoms with E-state index in [1.54, 1.807) is 0 Å². The fraction of sp³-hybridized carbons (Fsp3) is 0.500. The normalized spacial score (nSPS) is 10.7. The third-order valence-electron chi connectivity index (χ3n) is 2.43. The summed E-state index contributed by atoms with van der Waals surface area (Å²) in [5.74, 6) is 0. The van der Waals surface area contributed by atoms with Gasteiger partial charge in [-0.2, -0.15) is 0 Å². The van der Waals surface area contributed by atoms with Gasteiger partial charge in [-0.25, -0.2) is 8.78 Å². The summed E-state index contributed by atoms with van der Waals surface area (Å²) in [7, 11) is 0. The Bertz CT molecular complexity index is 288. The number of rotatable bonds is 5. The van der Waals surface area contributed by atoms with Crippen LogP contribution in [0.5, 0.6) is 0 Å². The maximum Gasteiger partial charge on any atom is 0.255 e. The van der Waals surface area contributed by atoms with Crippen molar-refractivity contribution in [3.8, 4) is 0 Å². The Hall–Kier alpha value is -1.12. The second kappa shape index (κ2) is 5.69. The Labute approximate surface area is 89.5 Å². The number of benzene rings is 1. The molecule has 0 aliphatic carbocycles. The molecule has 0 heterocycles. The number of anilines is 1. The van der Waals surface area contributed by atoms with Crippen LogP contribution in [0.25, 0.3) is 0 Å². The quantitative estimate of drug-likeness (QED) is 0.789. The van der Waals surface area contributed by atoms with Crippen LogP contribution in [-0.4, -0.2) is 13.0 Å².